The van der Waals surface area contributed by atoms with Crippen molar-refractivity contribution in [3.8, 4) is 0 Å². The zero-order chi connectivity index (χ0) is 23.0. The van der Waals surface area contributed by atoms with E-state index in [9.17, 15) is 9.59 Å². The summed E-state index contributed by atoms with van der Waals surface area (Å²) in [6.07, 6.45) is 6.74. The maximum atomic E-state index is 12.7. The Hall–Kier alpha value is -1.17. The predicted octanol–water partition coefficient (Wildman–Crippen LogP) is -0.314. The standard InChI is InChI=1S/2C13H19NO.2ClH.Hf/c2*1-4-5-6-11-7-8-12(13(14)15)10(3)9(11)2;;;/h2*7-8H,4-6H2,1-3H3,(H2,14,15);2*1H;/q;;;;+4/p-4. The molecule has 0 saturated heterocycles. The molecule has 0 radical (unpaired) electrons. The van der Waals surface area contributed by atoms with Crippen molar-refractivity contribution in [3.05, 3.63) is 68.8 Å². The topological polar surface area (TPSA) is 58.2 Å². The molecule has 2 rings (SSSR count). The first-order valence-electron chi connectivity index (χ1n) is 11.4. The van der Waals surface area contributed by atoms with Crippen molar-refractivity contribution in [1.29, 1.82) is 0 Å². The van der Waals surface area contributed by atoms with Crippen LogP contribution in [-0.4, -0.2) is 11.8 Å². The molecule has 0 spiro atoms. The van der Waals surface area contributed by atoms with E-state index in [0.29, 0.717) is 11.1 Å². The molecule has 2 amide bonds. The maximum absolute atomic E-state index is 12.7. The Bertz CT molecular complexity index is 873. The molecule has 180 valence electrons. The molecule has 0 aliphatic heterocycles. The number of nitrogens with one attached hydrogen (secondary N) is 2. The maximum Gasteiger partial charge on any atom is -1.00 e. The minimum Gasteiger partial charge on any atom is -1.00 e. The van der Waals surface area contributed by atoms with Gasteiger partial charge in [0.05, 0.1) is 0 Å². The van der Waals surface area contributed by atoms with Crippen molar-refractivity contribution < 1.29 is 57.9 Å². The summed E-state index contributed by atoms with van der Waals surface area (Å²) >= 11 is -1.82. The molecular formula is C26H36Cl2HfN2O2. The van der Waals surface area contributed by atoms with E-state index in [1.165, 1.54) is 22.3 Å². The molecule has 0 aromatic heterocycles. The smallest absolute Gasteiger partial charge is 1.00 e. The number of benzene rings is 2. The molecule has 0 bridgehead atoms. The zero-order valence-electron chi connectivity index (χ0n) is 20.6. The van der Waals surface area contributed by atoms with Gasteiger partial charge in [-0.1, -0.05) is 0 Å². The van der Waals surface area contributed by atoms with Gasteiger partial charge < -0.3 is 24.8 Å². The molecule has 0 fully saturated rings. The predicted molar refractivity (Wildman–Crippen MR) is 124 cm³/mol. The second-order valence-corrected chi connectivity index (χ2v) is 11.0. The number of hydrogen-bond acceptors (Lipinski definition) is 2. The average molecular weight is 658 g/mol. The van der Waals surface area contributed by atoms with Crippen molar-refractivity contribution in [1.82, 2.24) is 6.61 Å². The fourth-order valence-electron chi connectivity index (χ4n) is 3.80. The van der Waals surface area contributed by atoms with Crippen LogP contribution in [0.25, 0.3) is 0 Å². The summed E-state index contributed by atoms with van der Waals surface area (Å²) < 4.78 is 6.05. The van der Waals surface area contributed by atoms with Gasteiger partial charge in [0.25, 0.3) is 0 Å². The monoisotopic (exact) mass is 658 g/mol. The van der Waals surface area contributed by atoms with Gasteiger partial charge in [-0.25, -0.2) is 0 Å². The summed E-state index contributed by atoms with van der Waals surface area (Å²) in [5.74, 6) is -0.150. The van der Waals surface area contributed by atoms with Crippen LogP contribution in [0.2, 0.25) is 0 Å². The number of unbranched alkanes of at least 4 members (excludes halogenated alkanes) is 2. The van der Waals surface area contributed by atoms with E-state index in [1.807, 2.05) is 26.0 Å². The summed E-state index contributed by atoms with van der Waals surface area (Å²) in [5.41, 5.74) is 8.54. The Labute approximate surface area is 224 Å². The third-order valence-corrected chi connectivity index (χ3v) is 8.77. The van der Waals surface area contributed by atoms with E-state index in [4.69, 9.17) is 0 Å². The van der Waals surface area contributed by atoms with Crippen LogP contribution in [0, 0.1) is 27.7 Å². The number of aryl methyl sites for hydroxylation is 2. The van der Waals surface area contributed by atoms with Gasteiger partial charge in [-0.05, 0) is 0 Å². The van der Waals surface area contributed by atoms with E-state index in [2.05, 4.69) is 46.4 Å². The zero-order valence-corrected chi connectivity index (χ0v) is 25.7. The molecule has 0 aliphatic rings. The van der Waals surface area contributed by atoms with Gasteiger partial charge in [0, 0.05) is 0 Å². The molecule has 0 aliphatic carbocycles. The van der Waals surface area contributed by atoms with Crippen molar-refractivity contribution in [2.45, 2.75) is 80.1 Å². The molecule has 0 unspecified atom stereocenters. The van der Waals surface area contributed by atoms with Crippen LogP contribution in [0.15, 0.2) is 24.3 Å². The van der Waals surface area contributed by atoms with E-state index in [1.54, 1.807) is 0 Å². The number of carbonyl (C=O) groups excluding carboxylic acids is 2. The number of hydrogen-bond donors (Lipinski definition) is 2. The number of halogens is 2. The van der Waals surface area contributed by atoms with Crippen LogP contribution < -0.4 is 31.4 Å². The number of carbonyl (C=O) groups is 2. The minimum absolute atomic E-state index is 0. The molecule has 4 nitrogen and oxygen atoms in total. The van der Waals surface area contributed by atoms with Gasteiger partial charge in [-0.15, -0.1) is 0 Å². The summed E-state index contributed by atoms with van der Waals surface area (Å²) in [5, 5.41) is 0. The van der Waals surface area contributed by atoms with E-state index in [-0.39, 0.29) is 36.6 Å². The average Bonchev–Trinajstić information content (AvgIpc) is 2.75. The van der Waals surface area contributed by atoms with Crippen molar-refractivity contribution in [2.24, 2.45) is 0 Å². The van der Waals surface area contributed by atoms with Crippen molar-refractivity contribution in [2.75, 3.05) is 0 Å². The van der Waals surface area contributed by atoms with E-state index < -0.39 is 23.5 Å². The summed E-state index contributed by atoms with van der Waals surface area (Å²) in [7, 11) is 0. The van der Waals surface area contributed by atoms with Crippen molar-refractivity contribution in [3.63, 3.8) is 0 Å². The largest absolute Gasteiger partial charge is 1.00 e. The summed E-state index contributed by atoms with van der Waals surface area (Å²) in [4.78, 5) is 25.4. The summed E-state index contributed by atoms with van der Waals surface area (Å²) in [6, 6.07) is 8.00. The third-order valence-electron chi connectivity index (χ3n) is 6.24. The van der Waals surface area contributed by atoms with Gasteiger partial charge in [0.15, 0.2) is 0 Å². The van der Waals surface area contributed by atoms with E-state index in [0.717, 1.165) is 49.7 Å². The first kappa shape index (κ1) is 31.8. The van der Waals surface area contributed by atoms with Gasteiger partial charge in [0.2, 0.25) is 0 Å². The molecule has 2 N–H and O–H groups in total. The molecule has 2 aromatic carbocycles. The van der Waals surface area contributed by atoms with Crippen LogP contribution in [0.1, 0.15) is 93.6 Å². The Balaban J connectivity index is 0.00000512. The van der Waals surface area contributed by atoms with Crippen LogP contribution >= 0.6 is 0 Å². The third kappa shape index (κ3) is 8.52. The van der Waals surface area contributed by atoms with Crippen molar-refractivity contribution >= 4 is 11.8 Å². The van der Waals surface area contributed by atoms with Gasteiger partial charge in [-0.3, -0.25) is 0 Å². The van der Waals surface area contributed by atoms with Gasteiger partial charge in [0.1, 0.15) is 0 Å². The van der Waals surface area contributed by atoms with Crippen LogP contribution in [0.5, 0.6) is 0 Å². The van der Waals surface area contributed by atoms with Gasteiger partial charge >= 0.3 is 200 Å². The Kier molecular flexibility index (Phi) is 15.1. The SMILES string of the molecule is CCCCc1ccc(C(=O)[NH][Hf+2][NH]C(=O)c2ccc(CCCC)c(C)c2C)c(C)c1C.[Cl-].[Cl-]. The Morgan fingerprint density at radius 2 is 1.03 bits per heavy atom. The molecule has 0 atom stereocenters. The number of rotatable bonds is 10. The molecule has 0 saturated carbocycles. The second kappa shape index (κ2) is 15.7. The first-order valence-corrected chi connectivity index (χ1v) is 14.9. The second-order valence-electron chi connectivity index (χ2n) is 8.28. The fraction of sp³-hybridized carbons (Fsp3) is 0.462. The summed E-state index contributed by atoms with van der Waals surface area (Å²) in [6.45, 7) is 12.6. The molecule has 2 aromatic rings. The van der Waals surface area contributed by atoms with Crippen LogP contribution in [0.4, 0.5) is 0 Å². The first-order chi connectivity index (χ1) is 14.8. The van der Waals surface area contributed by atoms with Gasteiger partial charge in [-0.2, -0.15) is 0 Å². The van der Waals surface area contributed by atoms with Crippen LogP contribution in [0.3, 0.4) is 0 Å². The number of amides is 2. The fourth-order valence-corrected chi connectivity index (χ4v) is 5.81. The molecule has 7 heteroatoms. The molecular weight excluding hydrogens is 622 g/mol. The Morgan fingerprint density at radius 1 is 0.667 bits per heavy atom. The molecule has 0 heterocycles. The quantitative estimate of drug-likeness (QED) is 0.345. The molecule has 33 heavy (non-hydrogen) atoms. The normalized spacial score (nSPS) is 9.88. The van der Waals surface area contributed by atoms with E-state index >= 15 is 0 Å². The van der Waals surface area contributed by atoms with Crippen LogP contribution in [-0.2, 0) is 36.3 Å². The minimum atomic E-state index is -1.82. The Morgan fingerprint density at radius 3 is 1.36 bits per heavy atom.